The second kappa shape index (κ2) is 5.04. The third-order valence-electron chi connectivity index (χ3n) is 2.06. The number of hydrogen-bond acceptors (Lipinski definition) is 3. The van der Waals surface area contributed by atoms with Gasteiger partial charge in [-0.15, -0.1) is 11.3 Å². The van der Waals surface area contributed by atoms with Gasteiger partial charge >= 0.3 is 0 Å². The average molecular weight is 273 g/mol. The van der Waals surface area contributed by atoms with Crippen LogP contribution in [0.15, 0.2) is 23.6 Å². The average Bonchev–Trinajstić information content (AvgIpc) is 2.63. The summed E-state index contributed by atoms with van der Waals surface area (Å²) in [7, 11) is 0. The fourth-order valence-electron chi connectivity index (χ4n) is 1.31. The molecule has 2 aromatic rings. The van der Waals surface area contributed by atoms with Crippen molar-refractivity contribution in [3.63, 3.8) is 0 Å². The van der Waals surface area contributed by atoms with E-state index in [-0.39, 0.29) is 0 Å². The SMILES string of the molecule is Cc1nc(CNc2ccc(Cl)cc2Cl)cs1. The molecule has 0 amide bonds. The Labute approximate surface area is 108 Å². The van der Waals surface area contributed by atoms with Gasteiger partial charge in [-0.1, -0.05) is 23.2 Å². The van der Waals surface area contributed by atoms with E-state index in [9.17, 15) is 0 Å². The molecule has 0 saturated carbocycles. The summed E-state index contributed by atoms with van der Waals surface area (Å²) in [5.74, 6) is 0. The van der Waals surface area contributed by atoms with Crippen LogP contribution in [0.2, 0.25) is 10.0 Å². The minimum atomic E-state index is 0.624. The molecule has 5 heteroatoms. The number of anilines is 1. The van der Waals surface area contributed by atoms with E-state index in [0.29, 0.717) is 16.6 Å². The minimum absolute atomic E-state index is 0.624. The summed E-state index contributed by atoms with van der Waals surface area (Å²) in [6.45, 7) is 2.66. The highest BCUT2D eigenvalue weighted by Gasteiger charge is 2.02. The molecule has 0 radical (unpaired) electrons. The molecule has 1 aromatic carbocycles. The largest absolute Gasteiger partial charge is 0.378 e. The van der Waals surface area contributed by atoms with Crippen molar-refractivity contribution in [2.75, 3.05) is 5.32 Å². The van der Waals surface area contributed by atoms with Crippen LogP contribution in [0.1, 0.15) is 10.7 Å². The van der Waals surface area contributed by atoms with Crippen molar-refractivity contribution in [3.8, 4) is 0 Å². The highest BCUT2D eigenvalue weighted by atomic mass is 35.5. The van der Waals surface area contributed by atoms with Gasteiger partial charge in [-0.25, -0.2) is 4.98 Å². The fourth-order valence-corrected chi connectivity index (χ4v) is 2.40. The van der Waals surface area contributed by atoms with Crippen molar-refractivity contribution < 1.29 is 0 Å². The first-order valence-electron chi connectivity index (χ1n) is 4.75. The van der Waals surface area contributed by atoms with Gasteiger partial charge in [-0.3, -0.25) is 0 Å². The van der Waals surface area contributed by atoms with Gasteiger partial charge in [0.15, 0.2) is 0 Å². The van der Waals surface area contributed by atoms with Crippen LogP contribution in [0.4, 0.5) is 5.69 Å². The Morgan fingerprint density at radius 1 is 1.38 bits per heavy atom. The van der Waals surface area contributed by atoms with Gasteiger partial charge in [0, 0.05) is 10.4 Å². The summed E-state index contributed by atoms with van der Waals surface area (Å²) in [6, 6.07) is 5.39. The molecule has 0 aliphatic rings. The van der Waals surface area contributed by atoms with Crippen LogP contribution in [-0.4, -0.2) is 4.98 Å². The van der Waals surface area contributed by atoms with Crippen LogP contribution >= 0.6 is 34.5 Å². The number of thiazole rings is 1. The van der Waals surface area contributed by atoms with Crippen LogP contribution in [0.3, 0.4) is 0 Å². The first-order chi connectivity index (χ1) is 7.65. The van der Waals surface area contributed by atoms with Gasteiger partial charge in [0.05, 0.1) is 28.0 Å². The molecule has 16 heavy (non-hydrogen) atoms. The van der Waals surface area contributed by atoms with E-state index < -0.39 is 0 Å². The molecule has 1 heterocycles. The molecule has 0 aliphatic carbocycles. The number of nitrogens with one attached hydrogen (secondary N) is 1. The normalized spacial score (nSPS) is 10.4. The van der Waals surface area contributed by atoms with Crippen molar-refractivity contribution in [1.29, 1.82) is 0 Å². The fraction of sp³-hybridized carbons (Fsp3) is 0.182. The standard InChI is InChI=1S/C11H10Cl2N2S/c1-7-15-9(6-16-7)5-14-11-3-2-8(12)4-10(11)13/h2-4,6,14H,5H2,1H3. The summed E-state index contributed by atoms with van der Waals surface area (Å²) in [6.07, 6.45) is 0. The summed E-state index contributed by atoms with van der Waals surface area (Å²) >= 11 is 13.5. The second-order valence-electron chi connectivity index (χ2n) is 3.34. The molecule has 1 N–H and O–H groups in total. The van der Waals surface area contributed by atoms with E-state index >= 15 is 0 Å². The zero-order valence-corrected chi connectivity index (χ0v) is 11.0. The molecule has 0 atom stereocenters. The Bertz CT molecular complexity index is 496. The number of rotatable bonds is 3. The van der Waals surface area contributed by atoms with Gasteiger partial charge in [0.1, 0.15) is 0 Å². The Morgan fingerprint density at radius 2 is 2.19 bits per heavy atom. The van der Waals surface area contributed by atoms with E-state index in [1.807, 2.05) is 24.4 Å². The molecule has 0 spiro atoms. The Hall–Kier alpha value is -0.770. The maximum Gasteiger partial charge on any atom is 0.0898 e. The minimum Gasteiger partial charge on any atom is -0.378 e. The number of benzene rings is 1. The Morgan fingerprint density at radius 3 is 2.81 bits per heavy atom. The molecule has 2 nitrogen and oxygen atoms in total. The maximum absolute atomic E-state index is 6.04. The molecule has 0 unspecified atom stereocenters. The highest BCUT2D eigenvalue weighted by molar-refractivity contribution is 7.09. The lowest BCUT2D eigenvalue weighted by Gasteiger charge is -2.06. The third-order valence-corrected chi connectivity index (χ3v) is 3.43. The Kier molecular flexibility index (Phi) is 3.69. The smallest absolute Gasteiger partial charge is 0.0898 e. The number of aryl methyl sites for hydroxylation is 1. The quantitative estimate of drug-likeness (QED) is 0.898. The van der Waals surface area contributed by atoms with Gasteiger partial charge in [-0.2, -0.15) is 0 Å². The predicted octanol–water partition coefficient (Wildman–Crippen LogP) is 4.37. The van der Waals surface area contributed by atoms with E-state index in [1.165, 1.54) is 0 Å². The van der Waals surface area contributed by atoms with E-state index in [2.05, 4.69) is 10.3 Å². The molecule has 1 aromatic heterocycles. The zero-order valence-electron chi connectivity index (χ0n) is 8.63. The van der Waals surface area contributed by atoms with Gasteiger partial charge < -0.3 is 5.32 Å². The van der Waals surface area contributed by atoms with Crippen LogP contribution < -0.4 is 5.32 Å². The van der Waals surface area contributed by atoms with E-state index in [0.717, 1.165) is 16.4 Å². The van der Waals surface area contributed by atoms with Crippen LogP contribution in [0.25, 0.3) is 0 Å². The summed E-state index contributed by atoms with van der Waals surface area (Å²) in [4.78, 5) is 4.36. The second-order valence-corrected chi connectivity index (χ2v) is 5.24. The van der Waals surface area contributed by atoms with Crippen LogP contribution in [-0.2, 0) is 6.54 Å². The first kappa shape index (κ1) is 11.7. The van der Waals surface area contributed by atoms with Crippen molar-refractivity contribution in [2.45, 2.75) is 13.5 Å². The topological polar surface area (TPSA) is 24.9 Å². The van der Waals surface area contributed by atoms with Crippen molar-refractivity contribution >= 4 is 40.2 Å². The number of nitrogens with zero attached hydrogens (tertiary/aromatic N) is 1. The highest BCUT2D eigenvalue weighted by Crippen LogP contribution is 2.25. The lowest BCUT2D eigenvalue weighted by molar-refractivity contribution is 1.05. The summed E-state index contributed by atoms with van der Waals surface area (Å²) in [5.41, 5.74) is 1.89. The first-order valence-corrected chi connectivity index (χ1v) is 6.38. The number of aromatic nitrogens is 1. The maximum atomic E-state index is 6.04. The van der Waals surface area contributed by atoms with E-state index in [4.69, 9.17) is 23.2 Å². The van der Waals surface area contributed by atoms with Crippen molar-refractivity contribution in [2.24, 2.45) is 0 Å². The van der Waals surface area contributed by atoms with Gasteiger partial charge in [-0.05, 0) is 25.1 Å². The number of hydrogen-bond donors (Lipinski definition) is 1. The molecule has 0 aliphatic heterocycles. The lowest BCUT2D eigenvalue weighted by Crippen LogP contribution is -2.00. The lowest BCUT2D eigenvalue weighted by atomic mass is 10.3. The van der Waals surface area contributed by atoms with Gasteiger partial charge in [0.25, 0.3) is 0 Å². The summed E-state index contributed by atoms with van der Waals surface area (Å²) in [5, 5.41) is 7.59. The summed E-state index contributed by atoms with van der Waals surface area (Å²) < 4.78 is 0. The monoisotopic (exact) mass is 272 g/mol. The predicted molar refractivity (Wildman–Crippen MR) is 70.6 cm³/mol. The molecule has 2 rings (SSSR count). The Balaban J connectivity index is 2.04. The molecule has 0 bridgehead atoms. The molecule has 84 valence electrons. The zero-order chi connectivity index (χ0) is 11.5. The van der Waals surface area contributed by atoms with E-state index in [1.54, 1.807) is 17.4 Å². The van der Waals surface area contributed by atoms with Crippen LogP contribution in [0.5, 0.6) is 0 Å². The van der Waals surface area contributed by atoms with Crippen molar-refractivity contribution in [1.82, 2.24) is 4.98 Å². The van der Waals surface area contributed by atoms with Gasteiger partial charge in [0.2, 0.25) is 0 Å². The third kappa shape index (κ3) is 2.88. The van der Waals surface area contributed by atoms with Crippen molar-refractivity contribution in [3.05, 3.63) is 44.3 Å². The molecule has 0 fully saturated rings. The molecule has 0 saturated heterocycles. The van der Waals surface area contributed by atoms with Crippen LogP contribution in [0, 0.1) is 6.92 Å². The molecular weight excluding hydrogens is 263 g/mol. The number of halogens is 2. The molecular formula is C11H10Cl2N2S.